The molecular weight excluding hydrogens is 474 g/mol. The van der Waals surface area contributed by atoms with E-state index in [1.54, 1.807) is 48.5 Å². The van der Waals surface area contributed by atoms with Crippen molar-refractivity contribution in [2.45, 2.75) is 29.7 Å². The van der Waals surface area contributed by atoms with E-state index in [-0.39, 0.29) is 17.8 Å². The van der Waals surface area contributed by atoms with Gasteiger partial charge in [-0.05, 0) is 68.3 Å². The molecule has 1 saturated heterocycles. The maximum atomic E-state index is 12.9. The number of piperidine rings is 1. The van der Waals surface area contributed by atoms with E-state index in [0.29, 0.717) is 59.8 Å². The third kappa shape index (κ3) is 6.07. The van der Waals surface area contributed by atoms with Gasteiger partial charge in [-0.15, -0.1) is 0 Å². The van der Waals surface area contributed by atoms with Gasteiger partial charge in [0, 0.05) is 41.0 Å². The predicted octanol–water partition coefficient (Wildman–Crippen LogP) is 5.49. The second-order valence-corrected chi connectivity index (χ2v) is 9.17. The second-order valence-electron chi connectivity index (χ2n) is 7.67. The zero-order valence-corrected chi connectivity index (χ0v) is 20.2. The third-order valence-electron chi connectivity index (χ3n) is 5.38. The van der Waals surface area contributed by atoms with E-state index >= 15 is 0 Å². The van der Waals surface area contributed by atoms with Gasteiger partial charge in [0.1, 0.15) is 5.75 Å². The molecule has 1 fully saturated rings. The Morgan fingerprint density at radius 1 is 1.03 bits per heavy atom. The molecular formula is C25H24ClN3O4S. The van der Waals surface area contributed by atoms with Crippen molar-refractivity contribution in [2.24, 2.45) is 5.92 Å². The molecule has 1 aliphatic rings. The van der Waals surface area contributed by atoms with E-state index in [9.17, 15) is 9.59 Å². The van der Waals surface area contributed by atoms with Gasteiger partial charge >= 0.3 is 5.97 Å². The SMILES string of the molecule is CCOC(=O)C1CCN(C(=O)c2ccc(Oc3nccnc3Sc3ccc(Cl)cc3)cc2)CC1. The highest BCUT2D eigenvalue weighted by molar-refractivity contribution is 7.99. The van der Waals surface area contributed by atoms with E-state index in [2.05, 4.69) is 9.97 Å². The molecule has 0 saturated carbocycles. The molecule has 2 heterocycles. The van der Waals surface area contributed by atoms with Gasteiger partial charge in [-0.1, -0.05) is 23.4 Å². The number of halogens is 1. The number of esters is 1. The summed E-state index contributed by atoms with van der Waals surface area (Å²) < 4.78 is 11.0. The van der Waals surface area contributed by atoms with Gasteiger partial charge < -0.3 is 14.4 Å². The highest BCUT2D eigenvalue weighted by Crippen LogP contribution is 2.34. The number of likely N-dealkylation sites (tertiary alicyclic amines) is 1. The van der Waals surface area contributed by atoms with Gasteiger partial charge in [0.25, 0.3) is 11.8 Å². The summed E-state index contributed by atoms with van der Waals surface area (Å²) in [5.74, 6) is 0.561. The minimum Gasteiger partial charge on any atom is -0.466 e. The van der Waals surface area contributed by atoms with Crippen molar-refractivity contribution in [1.82, 2.24) is 14.9 Å². The number of carbonyl (C=O) groups is 2. The minimum absolute atomic E-state index is 0.0626. The maximum Gasteiger partial charge on any atom is 0.309 e. The van der Waals surface area contributed by atoms with E-state index in [0.717, 1.165) is 4.90 Å². The number of carbonyl (C=O) groups excluding carboxylic acids is 2. The second kappa shape index (κ2) is 11.4. The lowest BCUT2D eigenvalue weighted by Crippen LogP contribution is -2.40. The van der Waals surface area contributed by atoms with Crippen molar-refractivity contribution in [3.63, 3.8) is 0 Å². The highest BCUT2D eigenvalue weighted by Gasteiger charge is 2.28. The van der Waals surface area contributed by atoms with Crippen LogP contribution in [0, 0.1) is 5.92 Å². The van der Waals surface area contributed by atoms with E-state index in [1.165, 1.54) is 11.8 Å². The van der Waals surface area contributed by atoms with Gasteiger partial charge in [0.05, 0.1) is 12.5 Å². The maximum absolute atomic E-state index is 12.9. The number of hydrogen-bond acceptors (Lipinski definition) is 7. The summed E-state index contributed by atoms with van der Waals surface area (Å²) in [6, 6.07) is 14.4. The fraction of sp³-hybridized carbons (Fsp3) is 0.280. The quantitative estimate of drug-likeness (QED) is 0.399. The largest absolute Gasteiger partial charge is 0.466 e. The number of hydrogen-bond donors (Lipinski definition) is 0. The molecule has 0 N–H and O–H groups in total. The standard InChI is InChI=1S/C25H24ClN3O4S/c1-2-32-25(31)18-11-15-29(16-12-18)24(30)17-3-7-20(8-4-17)33-22-23(28-14-13-27-22)34-21-9-5-19(26)6-10-21/h3-10,13-14,18H,2,11-12,15-16H2,1H3. The first kappa shape index (κ1) is 24.0. The fourth-order valence-electron chi connectivity index (χ4n) is 3.60. The van der Waals surface area contributed by atoms with Crippen LogP contribution in [0.3, 0.4) is 0 Å². The lowest BCUT2D eigenvalue weighted by Gasteiger charge is -2.31. The van der Waals surface area contributed by atoms with Crippen molar-refractivity contribution in [3.8, 4) is 11.6 Å². The van der Waals surface area contributed by atoms with Crippen LogP contribution in [0.1, 0.15) is 30.1 Å². The van der Waals surface area contributed by atoms with Crippen LogP contribution < -0.4 is 4.74 Å². The van der Waals surface area contributed by atoms with Crippen LogP contribution >= 0.6 is 23.4 Å². The highest BCUT2D eigenvalue weighted by atomic mass is 35.5. The molecule has 1 aliphatic heterocycles. The van der Waals surface area contributed by atoms with Crippen molar-refractivity contribution < 1.29 is 19.1 Å². The van der Waals surface area contributed by atoms with Gasteiger partial charge in [-0.25, -0.2) is 9.97 Å². The monoisotopic (exact) mass is 497 g/mol. The number of nitrogens with zero attached hydrogens (tertiary/aromatic N) is 3. The van der Waals surface area contributed by atoms with E-state index in [4.69, 9.17) is 21.1 Å². The van der Waals surface area contributed by atoms with Crippen molar-refractivity contribution in [3.05, 3.63) is 71.5 Å². The molecule has 9 heteroatoms. The zero-order chi connectivity index (χ0) is 23.9. The molecule has 1 aromatic heterocycles. The Bertz CT molecular complexity index is 1130. The Kier molecular flexibility index (Phi) is 8.03. The topological polar surface area (TPSA) is 81.6 Å². The molecule has 1 amide bonds. The summed E-state index contributed by atoms with van der Waals surface area (Å²) >= 11 is 7.38. The smallest absolute Gasteiger partial charge is 0.309 e. The normalized spacial score (nSPS) is 14.0. The molecule has 2 aromatic carbocycles. The lowest BCUT2D eigenvalue weighted by molar-refractivity contribution is -0.149. The summed E-state index contributed by atoms with van der Waals surface area (Å²) in [4.78, 5) is 36.2. The van der Waals surface area contributed by atoms with Crippen LogP contribution in [-0.2, 0) is 9.53 Å². The summed E-state index contributed by atoms with van der Waals surface area (Å²) in [6.45, 7) is 3.24. The van der Waals surface area contributed by atoms with Crippen LogP contribution in [0.25, 0.3) is 0 Å². The summed E-state index contributed by atoms with van der Waals surface area (Å²) in [6.07, 6.45) is 4.41. The summed E-state index contributed by atoms with van der Waals surface area (Å²) in [5, 5.41) is 1.28. The Labute approximate surface area is 207 Å². The number of amides is 1. The van der Waals surface area contributed by atoms with Crippen molar-refractivity contribution in [2.75, 3.05) is 19.7 Å². The van der Waals surface area contributed by atoms with Gasteiger partial charge in [0.2, 0.25) is 0 Å². The fourth-order valence-corrected chi connectivity index (χ4v) is 4.52. The van der Waals surface area contributed by atoms with Crippen LogP contribution in [-0.4, -0.2) is 46.4 Å². The summed E-state index contributed by atoms with van der Waals surface area (Å²) in [5.41, 5.74) is 0.567. The molecule has 0 unspecified atom stereocenters. The molecule has 34 heavy (non-hydrogen) atoms. The minimum atomic E-state index is -0.172. The van der Waals surface area contributed by atoms with Gasteiger partial charge in [-0.2, -0.15) is 0 Å². The first-order valence-electron chi connectivity index (χ1n) is 11.0. The van der Waals surface area contributed by atoms with E-state index < -0.39 is 0 Å². The average molecular weight is 498 g/mol. The molecule has 0 aliphatic carbocycles. The van der Waals surface area contributed by atoms with Crippen molar-refractivity contribution in [1.29, 1.82) is 0 Å². The Hall–Kier alpha value is -3.10. The van der Waals surface area contributed by atoms with Crippen molar-refractivity contribution >= 4 is 35.2 Å². The van der Waals surface area contributed by atoms with Crippen LogP contribution in [0.2, 0.25) is 5.02 Å². The predicted molar refractivity (Wildman–Crippen MR) is 129 cm³/mol. The van der Waals surface area contributed by atoms with Crippen LogP contribution in [0.15, 0.2) is 70.8 Å². The molecule has 0 bridgehead atoms. The molecule has 0 radical (unpaired) electrons. The molecule has 0 atom stereocenters. The summed E-state index contributed by atoms with van der Waals surface area (Å²) in [7, 11) is 0. The first-order chi connectivity index (χ1) is 16.5. The molecule has 4 rings (SSSR count). The van der Waals surface area contributed by atoms with Gasteiger partial charge in [0.15, 0.2) is 5.03 Å². The van der Waals surface area contributed by atoms with Crippen LogP contribution in [0.4, 0.5) is 0 Å². The molecule has 0 spiro atoms. The third-order valence-corrected chi connectivity index (χ3v) is 6.61. The molecule has 7 nitrogen and oxygen atoms in total. The Morgan fingerprint density at radius 2 is 1.71 bits per heavy atom. The lowest BCUT2D eigenvalue weighted by atomic mass is 9.96. The first-order valence-corrected chi connectivity index (χ1v) is 12.2. The number of ether oxygens (including phenoxy) is 2. The Balaban J connectivity index is 1.38. The van der Waals surface area contributed by atoms with Gasteiger partial charge in [-0.3, -0.25) is 9.59 Å². The zero-order valence-electron chi connectivity index (χ0n) is 18.6. The number of benzene rings is 2. The van der Waals surface area contributed by atoms with Crippen LogP contribution in [0.5, 0.6) is 11.6 Å². The molecule has 176 valence electrons. The average Bonchev–Trinajstić information content (AvgIpc) is 2.87. The number of rotatable bonds is 7. The van der Waals surface area contributed by atoms with E-state index in [1.807, 2.05) is 24.3 Å². The Morgan fingerprint density at radius 3 is 2.38 bits per heavy atom. The molecule has 3 aromatic rings. The number of aromatic nitrogens is 2.